The number of anilines is 1. The summed E-state index contributed by atoms with van der Waals surface area (Å²) in [6.07, 6.45) is 3.50. The number of nitrogens with zero attached hydrogens (tertiary/aromatic N) is 1. The van der Waals surface area contributed by atoms with E-state index in [2.05, 4.69) is 15.0 Å². The number of nitrogens with one attached hydrogen (secondary N) is 2. The molecular formula is C13H19N3O3S. The van der Waals surface area contributed by atoms with Crippen molar-refractivity contribution < 1.29 is 14.7 Å². The Morgan fingerprint density at radius 2 is 2.15 bits per heavy atom. The number of hydrogen-bond acceptors (Lipinski definition) is 5. The summed E-state index contributed by atoms with van der Waals surface area (Å²) in [5.74, 6) is -0.594. The van der Waals surface area contributed by atoms with Gasteiger partial charge >= 0.3 is 5.97 Å². The fraction of sp³-hybridized carbons (Fsp3) is 0.615. The Morgan fingerprint density at radius 3 is 2.80 bits per heavy atom. The quantitative estimate of drug-likeness (QED) is 0.771. The lowest BCUT2D eigenvalue weighted by Crippen LogP contribution is -2.28. The molecular weight excluding hydrogens is 278 g/mol. The summed E-state index contributed by atoms with van der Waals surface area (Å²) in [7, 11) is 0. The minimum atomic E-state index is -1.05. The molecule has 6 nitrogen and oxygen atoms in total. The van der Waals surface area contributed by atoms with Gasteiger partial charge in [-0.05, 0) is 56.7 Å². The number of carboxylic acid groups (broad SMARTS) is 1. The summed E-state index contributed by atoms with van der Waals surface area (Å²) < 4.78 is 3.98. The SMILES string of the molecule is Cc1nsc(NC(=O)CCC2CCNCC2)c1C(=O)O. The van der Waals surface area contributed by atoms with Crippen LogP contribution in [0.4, 0.5) is 5.00 Å². The topological polar surface area (TPSA) is 91.3 Å². The van der Waals surface area contributed by atoms with Gasteiger partial charge in [-0.25, -0.2) is 4.79 Å². The number of hydrogen-bond donors (Lipinski definition) is 3. The van der Waals surface area contributed by atoms with E-state index in [1.807, 2.05) is 0 Å². The van der Waals surface area contributed by atoms with Gasteiger partial charge in [-0.3, -0.25) is 4.79 Å². The van der Waals surface area contributed by atoms with E-state index in [0.717, 1.165) is 43.9 Å². The number of carbonyl (C=O) groups is 2. The molecule has 2 rings (SSSR count). The molecule has 20 heavy (non-hydrogen) atoms. The molecule has 0 radical (unpaired) electrons. The number of amides is 1. The maximum Gasteiger partial charge on any atom is 0.340 e. The van der Waals surface area contributed by atoms with Crippen LogP contribution in [0.25, 0.3) is 0 Å². The molecule has 1 fully saturated rings. The average Bonchev–Trinajstić information content (AvgIpc) is 2.78. The minimum absolute atomic E-state index is 0.102. The van der Waals surface area contributed by atoms with Gasteiger partial charge in [0.1, 0.15) is 10.6 Å². The van der Waals surface area contributed by atoms with Gasteiger partial charge < -0.3 is 15.7 Å². The smallest absolute Gasteiger partial charge is 0.340 e. The van der Waals surface area contributed by atoms with Crippen molar-refractivity contribution in [3.63, 3.8) is 0 Å². The number of carbonyl (C=O) groups excluding carboxylic acids is 1. The molecule has 7 heteroatoms. The Hall–Kier alpha value is -1.47. The second kappa shape index (κ2) is 6.81. The monoisotopic (exact) mass is 297 g/mol. The van der Waals surface area contributed by atoms with Crippen LogP contribution in [0.15, 0.2) is 0 Å². The largest absolute Gasteiger partial charge is 0.478 e. The van der Waals surface area contributed by atoms with Crippen molar-refractivity contribution in [1.82, 2.24) is 9.69 Å². The van der Waals surface area contributed by atoms with Crippen LogP contribution in [0.5, 0.6) is 0 Å². The first-order valence-corrected chi connectivity index (χ1v) is 7.55. The highest BCUT2D eigenvalue weighted by Crippen LogP contribution is 2.25. The van der Waals surface area contributed by atoms with E-state index in [1.165, 1.54) is 0 Å². The highest BCUT2D eigenvalue weighted by molar-refractivity contribution is 7.11. The van der Waals surface area contributed by atoms with E-state index < -0.39 is 5.97 Å². The zero-order valence-electron chi connectivity index (χ0n) is 11.4. The Balaban J connectivity index is 1.86. The van der Waals surface area contributed by atoms with Gasteiger partial charge in [0, 0.05) is 6.42 Å². The molecule has 1 aliphatic rings. The summed E-state index contributed by atoms with van der Waals surface area (Å²) in [5.41, 5.74) is 0.543. The van der Waals surface area contributed by atoms with Crippen LogP contribution in [0.3, 0.4) is 0 Å². The van der Waals surface area contributed by atoms with Crippen LogP contribution in [0, 0.1) is 12.8 Å². The third kappa shape index (κ3) is 3.77. The second-order valence-electron chi connectivity index (χ2n) is 5.06. The fourth-order valence-corrected chi connectivity index (χ4v) is 3.21. The van der Waals surface area contributed by atoms with E-state index in [4.69, 9.17) is 5.11 Å². The number of carboxylic acids is 1. The first-order valence-electron chi connectivity index (χ1n) is 6.78. The molecule has 0 saturated carbocycles. The molecule has 2 heterocycles. The first kappa shape index (κ1) is 14.9. The molecule has 0 atom stereocenters. The lowest BCUT2D eigenvalue weighted by molar-refractivity contribution is -0.116. The predicted molar refractivity (Wildman–Crippen MR) is 77.3 cm³/mol. The van der Waals surface area contributed by atoms with Crippen LogP contribution < -0.4 is 10.6 Å². The van der Waals surface area contributed by atoms with Crippen LogP contribution in [0.1, 0.15) is 41.7 Å². The van der Waals surface area contributed by atoms with Gasteiger partial charge in [-0.1, -0.05) is 0 Å². The lowest BCUT2D eigenvalue weighted by atomic mass is 9.93. The molecule has 110 valence electrons. The van der Waals surface area contributed by atoms with Crippen molar-refractivity contribution in [3.8, 4) is 0 Å². The van der Waals surface area contributed by atoms with Crippen molar-refractivity contribution in [2.75, 3.05) is 18.4 Å². The van der Waals surface area contributed by atoms with Crippen LogP contribution in [-0.4, -0.2) is 34.4 Å². The van der Waals surface area contributed by atoms with Crippen molar-refractivity contribution >= 4 is 28.4 Å². The summed E-state index contributed by atoms with van der Waals surface area (Å²) in [6, 6.07) is 0. The Morgan fingerprint density at radius 1 is 1.45 bits per heavy atom. The van der Waals surface area contributed by atoms with E-state index >= 15 is 0 Å². The molecule has 0 bridgehead atoms. The van der Waals surface area contributed by atoms with Crippen molar-refractivity contribution in [2.24, 2.45) is 5.92 Å². The summed E-state index contributed by atoms with van der Waals surface area (Å²) in [4.78, 5) is 23.0. The minimum Gasteiger partial charge on any atom is -0.478 e. The number of aromatic nitrogens is 1. The molecule has 0 spiro atoms. The van der Waals surface area contributed by atoms with E-state index in [1.54, 1.807) is 6.92 Å². The van der Waals surface area contributed by atoms with E-state index in [-0.39, 0.29) is 11.5 Å². The fourth-order valence-electron chi connectivity index (χ4n) is 2.40. The molecule has 3 N–H and O–H groups in total. The Labute approximate surface area is 121 Å². The first-order chi connectivity index (χ1) is 9.58. The third-order valence-corrected chi connectivity index (χ3v) is 4.42. The average molecular weight is 297 g/mol. The van der Waals surface area contributed by atoms with Gasteiger partial charge in [-0.2, -0.15) is 4.37 Å². The number of aromatic carboxylic acids is 1. The molecule has 0 aliphatic carbocycles. The van der Waals surface area contributed by atoms with Gasteiger partial charge in [0.15, 0.2) is 0 Å². The summed E-state index contributed by atoms with van der Waals surface area (Å²) in [6.45, 7) is 3.66. The molecule has 1 amide bonds. The van der Waals surface area contributed by atoms with Gasteiger partial charge in [0.05, 0.1) is 5.69 Å². The maximum atomic E-state index is 11.9. The van der Waals surface area contributed by atoms with Crippen LogP contribution in [0.2, 0.25) is 0 Å². The molecule has 1 saturated heterocycles. The zero-order chi connectivity index (χ0) is 14.5. The molecule has 0 unspecified atom stereocenters. The van der Waals surface area contributed by atoms with Crippen LogP contribution in [-0.2, 0) is 4.79 Å². The Kier molecular flexibility index (Phi) is 5.08. The highest BCUT2D eigenvalue weighted by Gasteiger charge is 2.20. The van der Waals surface area contributed by atoms with Crippen molar-refractivity contribution in [1.29, 1.82) is 0 Å². The van der Waals surface area contributed by atoms with Crippen LogP contribution >= 0.6 is 11.5 Å². The number of piperidine rings is 1. The van der Waals surface area contributed by atoms with Crippen molar-refractivity contribution in [3.05, 3.63) is 11.3 Å². The third-order valence-electron chi connectivity index (χ3n) is 3.57. The standard InChI is InChI=1S/C13H19N3O3S/c1-8-11(13(18)19)12(20-16-8)15-10(17)3-2-9-4-6-14-7-5-9/h9,14H,2-7H2,1H3,(H,15,17)(H,18,19). The second-order valence-corrected chi connectivity index (χ2v) is 5.83. The maximum absolute atomic E-state index is 11.9. The molecule has 0 aromatic carbocycles. The number of rotatable bonds is 5. The van der Waals surface area contributed by atoms with E-state index in [9.17, 15) is 9.59 Å². The van der Waals surface area contributed by atoms with Gasteiger partial charge in [0.25, 0.3) is 0 Å². The predicted octanol–water partition coefficient (Wildman–Crippen LogP) is 1.87. The molecule has 1 aliphatic heterocycles. The normalized spacial score (nSPS) is 16.1. The highest BCUT2D eigenvalue weighted by atomic mass is 32.1. The summed E-state index contributed by atoms with van der Waals surface area (Å²) in [5, 5.41) is 15.4. The Bertz CT molecular complexity index is 495. The molecule has 1 aromatic heterocycles. The van der Waals surface area contributed by atoms with Crippen molar-refractivity contribution in [2.45, 2.75) is 32.6 Å². The number of aryl methyl sites for hydroxylation is 1. The van der Waals surface area contributed by atoms with Gasteiger partial charge in [-0.15, -0.1) is 0 Å². The van der Waals surface area contributed by atoms with E-state index in [0.29, 0.717) is 23.0 Å². The summed E-state index contributed by atoms with van der Waals surface area (Å²) >= 11 is 1.02. The lowest BCUT2D eigenvalue weighted by Gasteiger charge is -2.22. The zero-order valence-corrected chi connectivity index (χ0v) is 12.3. The molecule has 1 aromatic rings. The van der Waals surface area contributed by atoms with Gasteiger partial charge in [0.2, 0.25) is 5.91 Å².